The number of phenolic OH excluding ortho intramolecular Hbond substituents is 1. The third-order valence-electron chi connectivity index (χ3n) is 6.76. The number of phenols is 1. The second-order valence-electron chi connectivity index (χ2n) is 8.63. The lowest BCUT2D eigenvalue weighted by molar-refractivity contribution is -0.271. The summed E-state index contributed by atoms with van der Waals surface area (Å²) in [6.45, 7) is 0.958. The SMILES string of the molecule is CN1CCc2cccc3c2[C@H]1Cc1ccc(OC2OC(C(=O)O)C(O)C(O)C2O)c(O)c1-3. The number of carbonyl (C=O) groups is 1. The standard InChI is InChI=1S/C23H25NO8/c1-24-8-7-10-3-2-4-12-15(10)13(24)9-11-5-6-14(17(25)16(11)12)31-23-20(28)18(26)19(27)21(32-23)22(29)30/h2-6,13,18-21,23,25-28H,7-9H2,1H3,(H,29,30)/t13-,18?,19?,20?,21?,23?/m1/s1. The monoisotopic (exact) mass is 443 g/mol. The number of rotatable bonds is 3. The van der Waals surface area contributed by atoms with Crippen LogP contribution in [0.5, 0.6) is 11.5 Å². The van der Waals surface area contributed by atoms with Crippen LogP contribution in [0.25, 0.3) is 11.1 Å². The first-order valence-corrected chi connectivity index (χ1v) is 10.5. The van der Waals surface area contributed by atoms with Crippen molar-refractivity contribution in [3.05, 3.63) is 47.0 Å². The number of aliphatic hydroxyl groups excluding tert-OH is 3. The Hall–Kier alpha value is -2.69. The molecule has 9 heteroatoms. The molecule has 6 atom stereocenters. The zero-order valence-corrected chi connectivity index (χ0v) is 17.4. The van der Waals surface area contributed by atoms with E-state index in [0.717, 1.165) is 30.5 Å². The molecule has 3 aliphatic rings. The Morgan fingerprint density at radius 3 is 2.62 bits per heavy atom. The first-order chi connectivity index (χ1) is 15.3. The predicted molar refractivity (Wildman–Crippen MR) is 111 cm³/mol. The number of carboxylic acid groups (broad SMARTS) is 1. The summed E-state index contributed by atoms with van der Waals surface area (Å²) in [4.78, 5) is 13.7. The van der Waals surface area contributed by atoms with Crippen molar-refractivity contribution in [1.82, 2.24) is 4.90 Å². The Bertz CT molecular complexity index is 1070. The minimum atomic E-state index is -1.82. The van der Waals surface area contributed by atoms with Gasteiger partial charge in [-0.2, -0.15) is 0 Å². The van der Waals surface area contributed by atoms with Crippen molar-refractivity contribution < 1.29 is 39.8 Å². The number of aliphatic carboxylic acids is 1. The second kappa shape index (κ2) is 7.72. The van der Waals surface area contributed by atoms with E-state index in [1.165, 1.54) is 17.2 Å². The molecule has 0 amide bonds. The highest BCUT2D eigenvalue weighted by atomic mass is 16.7. The normalized spacial score (nSPS) is 31.5. The van der Waals surface area contributed by atoms with E-state index < -0.39 is 36.7 Å². The van der Waals surface area contributed by atoms with Gasteiger partial charge in [0.25, 0.3) is 0 Å². The van der Waals surface area contributed by atoms with E-state index >= 15 is 0 Å². The number of benzene rings is 2. The molecular formula is C23H25NO8. The number of nitrogens with zero attached hydrogens (tertiary/aromatic N) is 1. The first-order valence-electron chi connectivity index (χ1n) is 10.5. The van der Waals surface area contributed by atoms with Crippen LogP contribution in [0.1, 0.15) is 22.7 Å². The Kier molecular flexibility index (Phi) is 5.11. The summed E-state index contributed by atoms with van der Waals surface area (Å²) in [6, 6.07) is 9.60. The van der Waals surface area contributed by atoms with Crippen molar-refractivity contribution in [3.63, 3.8) is 0 Å². The van der Waals surface area contributed by atoms with Gasteiger partial charge in [-0.05, 0) is 48.2 Å². The second-order valence-corrected chi connectivity index (χ2v) is 8.63. The fraction of sp³-hybridized carbons (Fsp3) is 0.435. The van der Waals surface area contributed by atoms with Crippen LogP contribution in [-0.4, -0.2) is 80.7 Å². The molecule has 32 heavy (non-hydrogen) atoms. The van der Waals surface area contributed by atoms with Gasteiger partial charge in [-0.15, -0.1) is 0 Å². The first kappa shape index (κ1) is 21.2. The van der Waals surface area contributed by atoms with Gasteiger partial charge in [-0.1, -0.05) is 24.3 Å². The molecule has 170 valence electrons. The molecule has 5 unspecified atom stereocenters. The zero-order chi connectivity index (χ0) is 22.7. The van der Waals surface area contributed by atoms with Gasteiger partial charge in [0.05, 0.1) is 0 Å². The number of hydrogen-bond acceptors (Lipinski definition) is 8. The summed E-state index contributed by atoms with van der Waals surface area (Å²) in [5.74, 6) is -1.66. The molecule has 2 aromatic carbocycles. The van der Waals surface area contributed by atoms with Gasteiger partial charge < -0.3 is 35.0 Å². The molecule has 9 nitrogen and oxygen atoms in total. The van der Waals surface area contributed by atoms with Gasteiger partial charge in [-0.3, -0.25) is 4.90 Å². The van der Waals surface area contributed by atoms with Crippen molar-refractivity contribution in [2.45, 2.75) is 49.6 Å². The summed E-state index contributed by atoms with van der Waals surface area (Å²) < 4.78 is 10.8. The van der Waals surface area contributed by atoms with Gasteiger partial charge in [0.15, 0.2) is 17.6 Å². The summed E-state index contributed by atoms with van der Waals surface area (Å²) in [6.07, 6.45) is -7.05. The lowest BCUT2D eigenvalue weighted by Crippen LogP contribution is -2.61. The van der Waals surface area contributed by atoms with E-state index in [0.29, 0.717) is 5.56 Å². The molecule has 1 saturated heterocycles. The third-order valence-corrected chi connectivity index (χ3v) is 6.76. The van der Waals surface area contributed by atoms with Crippen LogP contribution in [0.2, 0.25) is 0 Å². The van der Waals surface area contributed by atoms with E-state index in [9.17, 15) is 30.3 Å². The van der Waals surface area contributed by atoms with Gasteiger partial charge in [0.2, 0.25) is 6.29 Å². The van der Waals surface area contributed by atoms with Crippen molar-refractivity contribution in [1.29, 1.82) is 0 Å². The molecule has 1 aliphatic carbocycles. The van der Waals surface area contributed by atoms with E-state index in [2.05, 4.69) is 18.0 Å². The van der Waals surface area contributed by atoms with E-state index in [1.54, 1.807) is 0 Å². The molecule has 0 saturated carbocycles. The molecule has 1 fully saturated rings. The minimum Gasteiger partial charge on any atom is -0.504 e. The summed E-state index contributed by atoms with van der Waals surface area (Å²) in [7, 11) is 2.09. The van der Waals surface area contributed by atoms with Crippen molar-refractivity contribution in [3.8, 4) is 22.6 Å². The maximum absolute atomic E-state index is 11.3. The smallest absolute Gasteiger partial charge is 0.335 e. The molecule has 0 bridgehead atoms. The Morgan fingerprint density at radius 1 is 1.09 bits per heavy atom. The summed E-state index contributed by atoms with van der Waals surface area (Å²) >= 11 is 0. The third kappa shape index (κ3) is 3.16. The number of likely N-dealkylation sites (N-methyl/N-ethyl adjacent to an activating group) is 1. The van der Waals surface area contributed by atoms with E-state index in [4.69, 9.17) is 9.47 Å². The largest absolute Gasteiger partial charge is 0.504 e. The predicted octanol–water partition coefficient (Wildman–Crippen LogP) is 0.415. The quantitative estimate of drug-likeness (QED) is 0.456. The van der Waals surface area contributed by atoms with Gasteiger partial charge in [0, 0.05) is 18.2 Å². The topological polar surface area (TPSA) is 140 Å². The van der Waals surface area contributed by atoms with Crippen LogP contribution in [0, 0.1) is 0 Å². The molecule has 5 N–H and O–H groups in total. The van der Waals surface area contributed by atoms with Crippen LogP contribution < -0.4 is 4.74 Å². The lowest BCUT2D eigenvalue weighted by Gasteiger charge is -2.40. The van der Waals surface area contributed by atoms with Crippen molar-refractivity contribution in [2.75, 3.05) is 13.6 Å². The molecule has 2 heterocycles. The lowest BCUT2D eigenvalue weighted by atomic mass is 9.77. The van der Waals surface area contributed by atoms with E-state index in [-0.39, 0.29) is 17.5 Å². The van der Waals surface area contributed by atoms with Gasteiger partial charge in [0.1, 0.15) is 18.3 Å². The average Bonchev–Trinajstić information content (AvgIpc) is 2.77. The molecule has 0 aromatic heterocycles. The molecule has 0 radical (unpaired) electrons. The van der Waals surface area contributed by atoms with Crippen LogP contribution in [0.15, 0.2) is 30.3 Å². The van der Waals surface area contributed by atoms with Crippen LogP contribution in [0.3, 0.4) is 0 Å². The highest BCUT2D eigenvalue weighted by molar-refractivity contribution is 5.82. The molecule has 2 aliphatic heterocycles. The highest BCUT2D eigenvalue weighted by Gasteiger charge is 2.48. The Labute approximate surface area is 184 Å². The number of aromatic hydroxyl groups is 1. The highest BCUT2D eigenvalue weighted by Crippen LogP contribution is 2.50. The van der Waals surface area contributed by atoms with Crippen LogP contribution in [0.4, 0.5) is 0 Å². The maximum atomic E-state index is 11.3. The average molecular weight is 443 g/mol. The Balaban J connectivity index is 1.52. The van der Waals surface area contributed by atoms with Gasteiger partial charge >= 0.3 is 5.97 Å². The molecule has 5 rings (SSSR count). The minimum absolute atomic E-state index is 0.0132. The number of aliphatic hydroxyl groups is 3. The van der Waals surface area contributed by atoms with Gasteiger partial charge in [-0.25, -0.2) is 4.79 Å². The summed E-state index contributed by atoms with van der Waals surface area (Å²) in [5, 5.41) is 50.5. The fourth-order valence-electron chi connectivity index (χ4n) is 5.04. The Morgan fingerprint density at radius 2 is 1.88 bits per heavy atom. The number of fused-ring (bicyclic) bond motifs is 2. The maximum Gasteiger partial charge on any atom is 0.335 e. The molecular weight excluding hydrogens is 418 g/mol. The van der Waals surface area contributed by atoms with Crippen LogP contribution in [-0.2, 0) is 22.4 Å². The zero-order valence-electron chi connectivity index (χ0n) is 17.4. The van der Waals surface area contributed by atoms with E-state index in [1.807, 2.05) is 18.2 Å². The fourth-order valence-corrected chi connectivity index (χ4v) is 5.04. The van der Waals surface area contributed by atoms with Crippen molar-refractivity contribution >= 4 is 5.97 Å². The molecule has 2 aromatic rings. The number of hydrogen-bond donors (Lipinski definition) is 5. The molecule has 0 spiro atoms. The van der Waals surface area contributed by atoms with Crippen molar-refractivity contribution in [2.24, 2.45) is 0 Å². The number of carboxylic acids is 1. The summed E-state index contributed by atoms with van der Waals surface area (Å²) in [5.41, 5.74) is 4.91. The van der Waals surface area contributed by atoms with Crippen LogP contribution >= 0.6 is 0 Å². The number of ether oxygens (including phenoxy) is 2.